The van der Waals surface area contributed by atoms with Crippen molar-refractivity contribution in [2.45, 2.75) is 6.61 Å². The van der Waals surface area contributed by atoms with Crippen molar-refractivity contribution in [1.82, 2.24) is 0 Å². The van der Waals surface area contributed by atoms with Gasteiger partial charge in [-0.15, -0.1) is 0 Å². The Balaban J connectivity index is 1.81. The predicted octanol–water partition coefficient (Wildman–Crippen LogP) is 5.63. The molecule has 0 fully saturated rings. The summed E-state index contributed by atoms with van der Waals surface area (Å²) in [5.41, 5.74) is 0.564. The molecule has 0 unspecified atom stereocenters. The molecule has 32 heavy (non-hydrogen) atoms. The number of nitriles is 1. The van der Waals surface area contributed by atoms with E-state index >= 15 is 0 Å². The molecule has 0 aliphatic rings. The van der Waals surface area contributed by atoms with E-state index in [9.17, 15) is 18.8 Å². The van der Waals surface area contributed by atoms with Gasteiger partial charge in [0.05, 0.1) is 12.8 Å². The Bertz CT molecular complexity index is 1160. The van der Waals surface area contributed by atoms with E-state index in [0.29, 0.717) is 22.7 Å². The van der Waals surface area contributed by atoms with E-state index in [2.05, 4.69) is 10.1 Å². The standard InChI is InChI=1S/C24H18F2N2O4/c1-30-22-14-16(11-12-21(22)32-24(25)26)13-17(15-27)23(29)28-19-9-5-6-10-20(19)31-18-7-3-2-4-8-18/h2-14,24H,1H3,(H,28,29)/b17-13+. The van der Waals surface area contributed by atoms with Gasteiger partial charge in [-0.25, -0.2) is 0 Å². The second-order valence-electron chi connectivity index (χ2n) is 6.32. The summed E-state index contributed by atoms with van der Waals surface area (Å²) in [6, 6.07) is 21.8. The van der Waals surface area contributed by atoms with Gasteiger partial charge in [-0.05, 0) is 48.0 Å². The molecule has 0 spiro atoms. The fraction of sp³-hybridized carbons (Fsp3) is 0.0833. The SMILES string of the molecule is COc1cc(/C=C(\C#N)C(=O)Nc2ccccc2Oc2ccccc2)ccc1OC(F)F. The third-order valence-corrected chi connectivity index (χ3v) is 4.19. The topological polar surface area (TPSA) is 80.6 Å². The Morgan fingerprint density at radius 3 is 2.41 bits per heavy atom. The summed E-state index contributed by atoms with van der Waals surface area (Å²) < 4.78 is 40.2. The van der Waals surface area contributed by atoms with Gasteiger partial charge in [0.1, 0.15) is 17.4 Å². The lowest BCUT2D eigenvalue weighted by atomic mass is 10.1. The van der Waals surface area contributed by atoms with Crippen LogP contribution in [-0.2, 0) is 4.79 Å². The van der Waals surface area contributed by atoms with Gasteiger partial charge in [-0.3, -0.25) is 4.79 Å². The van der Waals surface area contributed by atoms with Crippen molar-refractivity contribution >= 4 is 17.7 Å². The zero-order valence-electron chi connectivity index (χ0n) is 16.9. The molecule has 0 saturated carbocycles. The maximum atomic E-state index is 12.7. The van der Waals surface area contributed by atoms with E-state index in [4.69, 9.17) is 9.47 Å². The van der Waals surface area contributed by atoms with Crippen LogP contribution in [0.5, 0.6) is 23.0 Å². The first-order valence-corrected chi connectivity index (χ1v) is 9.38. The number of nitrogens with zero attached hydrogens (tertiary/aromatic N) is 1. The molecule has 0 aliphatic heterocycles. The normalized spacial score (nSPS) is 10.9. The molecule has 3 rings (SSSR count). The molecule has 0 saturated heterocycles. The number of amides is 1. The molecule has 3 aromatic carbocycles. The summed E-state index contributed by atoms with van der Waals surface area (Å²) in [7, 11) is 1.29. The van der Waals surface area contributed by atoms with Gasteiger partial charge in [-0.2, -0.15) is 14.0 Å². The number of rotatable bonds is 8. The summed E-state index contributed by atoms with van der Waals surface area (Å²) >= 11 is 0. The van der Waals surface area contributed by atoms with Crippen molar-refractivity contribution in [2.75, 3.05) is 12.4 Å². The van der Waals surface area contributed by atoms with Crippen LogP contribution in [0, 0.1) is 11.3 Å². The molecule has 8 heteroatoms. The summed E-state index contributed by atoms with van der Waals surface area (Å²) in [6.07, 6.45) is 1.31. The van der Waals surface area contributed by atoms with Gasteiger partial charge in [-0.1, -0.05) is 36.4 Å². The number of carbonyl (C=O) groups is 1. The molecule has 0 bridgehead atoms. The highest BCUT2D eigenvalue weighted by Crippen LogP contribution is 2.31. The highest BCUT2D eigenvalue weighted by Gasteiger charge is 2.15. The molecule has 1 amide bonds. The van der Waals surface area contributed by atoms with Crippen LogP contribution in [0.4, 0.5) is 14.5 Å². The highest BCUT2D eigenvalue weighted by atomic mass is 19.3. The Morgan fingerprint density at radius 2 is 1.72 bits per heavy atom. The van der Waals surface area contributed by atoms with Crippen molar-refractivity contribution in [2.24, 2.45) is 0 Å². The van der Waals surface area contributed by atoms with Crippen molar-refractivity contribution in [3.05, 3.63) is 83.9 Å². The molecular weight excluding hydrogens is 418 g/mol. The molecule has 0 aromatic heterocycles. The minimum absolute atomic E-state index is 0.0401. The number of anilines is 1. The lowest BCUT2D eigenvalue weighted by Gasteiger charge is -2.12. The first kappa shape index (κ1) is 22.3. The number of para-hydroxylation sites is 3. The number of hydrogen-bond donors (Lipinski definition) is 1. The average Bonchev–Trinajstić information content (AvgIpc) is 2.79. The Kier molecular flexibility index (Phi) is 7.38. The van der Waals surface area contributed by atoms with Crippen LogP contribution >= 0.6 is 0 Å². The molecule has 0 aliphatic carbocycles. The van der Waals surface area contributed by atoms with Gasteiger partial charge >= 0.3 is 6.61 Å². The van der Waals surface area contributed by atoms with E-state index in [1.54, 1.807) is 36.4 Å². The molecule has 0 heterocycles. The summed E-state index contributed by atoms with van der Waals surface area (Å²) in [5.74, 6) is 0.208. The number of halogens is 2. The zero-order valence-corrected chi connectivity index (χ0v) is 16.9. The fourth-order valence-electron chi connectivity index (χ4n) is 2.75. The maximum absolute atomic E-state index is 12.7. The smallest absolute Gasteiger partial charge is 0.387 e. The third kappa shape index (κ3) is 5.83. The fourth-order valence-corrected chi connectivity index (χ4v) is 2.75. The van der Waals surface area contributed by atoms with Crippen molar-refractivity contribution in [3.63, 3.8) is 0 Å². The van der Waals surface area contributed by atoms with Crippen LogP contribution in [0.2, 0.25) is 0 Å². The van der Waals surface area contributed by atoms with Crippen LogP contribution in [-0.4, -0.2) is 19.6 Å². The Morgan fingerprint density at radius 1 is 1.00 bits per heavy atom. The minimum Gasteiger partial charge on any atom is -0.493 e. The Hall–Kier alpha value is -4.38. The van der Waals surface area contributed by atoms with E-state index in [-0.39, 0.29) is 17.1 Å². The average molecular weight is 436 g/mol. The molecular formula is C24H18F2N2O4. The number of alkyl halides is 2. The number of nitrogens with one attached hydrogen (secondary N) is 1. The van der Waals surface area contributed by atoms with Crippen molar-refractivity contribution < 1.29 is 27.8 Å². The number of benzene rings is 3. The second-order valence-corrected chi connectivity index (χ2v) is 6.32. The van der Waals surface area contributed by atoms with Gasteiger partial charge < -0.3 is 19.5 Å². The monoisotopic (exact) mass is 436 g/mol. The van der Waals surface area contributed by atoms with Crippen LogP contribution in [0.15, 0.2) is 78.4 Å². The van der Waals surface area contributed by atoms with Gasteiger partial charge in [0, 0.05) is 0 Å². The maximum Gasteiger partial charge on any atom is 0.387 e. The lowest BCUT2D eigenvalue weighted by molar-refractivity contribution is -0.112. The van der Waals surface area contributed by atoms with Crippen LogP contribution in [0.25, 0.3) is 6.08 Å². The summed E-state index contributed by atoms with van der Waals surface area (Å²) in [6.45, 7) is -3.01. The van der Waals surface area contributed by atoms with Gasteiger partial charge in [0.2, 0.25) is 0 Å². The molecule has 3 aromatic rings. The minimum atomic E-state index is -3.01. The zero-order chi connectivity index (χ0) is 22.9. The summed E-state index contributed by atoms with van der Waals surface area (Å²) in [4.78, 5) is 12.7. The van der Waals surface area contributed by atoms with Crippen molar-refractivity contribution in [3.8, 4) is 29.1 Å². The van der Waals surface area contributed by atoms with Crippen LogP contribution in [0.1, 0.15) is 5.56 Å². The van der Waals surface area contributed by atoms with Gasteiger partial charge in [0.15, 0.2) is 17.2 Å². The molecule has 1 N–H and O–H groups in total. The lowest BCUT2D eigenvalue weighted by Crippen LogP contribution is -2.14. The molecule has 0 atom stereocenters. The van der Waals surface area contributed by atoms with Crippen LogP contribution in [0.3, 0.4) is 0 Å². The predicted molar refractivity (Wildman–Crippen MR) is 115 cm³/mol. The van der Waals surface area contributed by atoms with Crippen LogP contribution < -0.4 is 19.5 Å². The first-order valence-electron chi connectivity index (χ1n) is 9.38. The van der Waals surface area contributed by atoms with E-state index in [1.165, 1.54) is 31.4 Å². The molecule has 6 nitrogen and oxygen atoms in total. The molecule has 0 radical (unpaired) electrons. The number of ether oxygens (including phenoxy) is 3. The Labute approximate surface area is 183 Å². The third-order valence-electron chi connectivity index (χ3n) is 4.19. The number of hydrogen-bond acceptors (Lipinski definition) is 5. The van der Waals surface area contributed by atoms with Gasteiger partial charge in [0.25, 0.3) is 5.91 Å². The van der Waals surface area contributed by atoms with E-state index < -0.39 is 12.5 Å². The first-order chi connectivity index (χ1) is 15.5. The summed E-state index contributed by atoms with van der Waals surface area (Å²) in [5, 5.41) is 12.1. The second kappa shape index (κ2) is 10.6. The highest BCUT2D eigenvalue weighted by molar-refractivity contribution is 6.10. The van der Waals surface area contributed by atoms with E-state index in [0.717, 1.165) is 0 Å². The van der Waals surface area contributed by atoms with Crippen molar-refractivity contribution in [1.29, 1.82) is 5.26 Å². The molecule has 162 valence electrons. The number of carbonyl (C=O) groups excluding carboxylic acids is 1. The number of methoxy groups -OCH3 is 1. The quantitative estimate of drug-likeness (QED) is 0.365. The van der Waals surface area contributed by atoms with E-state index in [1.807, 2.05) is 24.3 Å². The largest absolute Gasteiger partial charge is 0.493 e.